The molecule has 3 heteroatoms. The van der Waals surface area contributed by atoms with Crippen LogP contribution in [0.25, 0.3) is 0 Å². The van der Waals surface area contributed by atoms with Crippen molar-refractivity contribution < 1.29 is 4.74 Å². The Labute approximate surface area is 116 Å². The second-order valence-corrected chi connectivity index (χ2v) is 5.13. The highest BCUT2D eigenvalue weighted by Crippen LogP contribution is 2.29. The molecule has 0 saturated heterocycles. The molecule has 0 amide bonds. The van der Waals surface area contributed by atoms with Crippen LogP contribution in [0.4, 0.5) is 0 Å². The van der Waals surface area contributed by atoms with Crippen molar-refractivity contribution >= 4 is 15.9 Å². The van der Waals surface area contributed by atoms with E-state index in [4.69, 9.17) is 10.5 Å². The highest BCUT2D eigenvalue weighted by atomic mass is 79.9. The summed E-state index contributed by atoms with van der Waals surface area (Å²) in [4.78, 5) is 0. The molecular formula is C15H16BrNO. The molecule has 94 valence electrons. The van der Waals surface area contributed by atoms with Gasteiger partial charge in [-0.2, -0.15) is 0 Å². The van der Waals surface area contributed by atoms with E-state index in [0.29, 0.717) is 0 Å². The first-order valence-corrected chi connectivity index (χ1v) is 6.56. The molecule has 2 aromatic rings. The minimum absolute atomic E-state index is 0.158. The van der Waals surface area contributed by atoms with Crippen molar-refractivity contribution in [1.82, 2.24) is 0 Å². The van der Waals surface area contributed by atoms with Gasteiger partial charge in [0.05, 0.1) is 13.2 Å². The molecule has 1 unspecified atom stereocenters. The third kappa shape index (κ3) is 2.74. The van der Waals surface area contributed by atoms with Crippen molar-refractivity contribution in [3.8, 4) is 5.75 Å². The molecule has 0 aliphatic carbocycles. The van der Waals surface area contributed by atoms with Gasteiger partial charge in [-0.3, -0.25) is 0 Å². The maximum atomic E-state index is 6.32. The average molecular weight is 306 g/mol. The molecule has 0 bridgehead atoms. The van der Waals surface area contributed by atoms with Gasteiger partial charge < -0.3 is 10.5 Å². The van der Waals surface area contributed by atoms with Gasteiger partial charge in [-0.25, -0.2) is 0 Å². The van der Waals surface area contributed by atoms with Crippen LogP contribution in [0.5, 0.6) is 5.75 Å². The zero-order valence-corrected chi connectivity index (χ0v) is 12.1. The molecule has 0 fully saturated rings. The van der Waals surface area contributed by atoms with Gasteiger partial charge in [-0.15, -0.1) is 0 Å². The minimum atomic E-state index is -0.158. The zero-order valence-electron chi connectivity index (χ0n) is 10.5. The van der Waals surface area contributed by atoms with Crippen LogP contribution in [-0.4, -0.2) is 7.11 Å². The predicted octanol–water partition coefficient (Wildman–Crippen LogP) is 3.81. The van der Waals surface area contributed by atoms with Crippen LogP contribution in [0.3, 0.4) is 0 Å². The van der Waals surface area contributed by atoms with Gasteiger partial charge >= 0.3 is 0 Å². The molecule has 0 aliphatic rings. The van der Waals surface area contributed by atoms with E-state index in [9.17, 15) is 0 Å². The van der Waals surface area contributed by atoms with Gasteiger partial charge in [0.1, 0.15) is 5.75 Å². The zero-order chi connectivity index (χ0) is 13.1. The standard InChI is InChI=1S/C15H16BrNO/c1-10-6-7-14(16)13(8-10)15(17)11-4-3-5-12(9-11)18-2/h3-9,15H,17H2,1-2H3. The summed E-state index contributed by atoms with van der Waals surface area (Å²) in [7, 11) is 1.66. The first-order chi connectivity index (χ1) is 8.61. The number of rotatable bonds is 3. The Morgan fingerprint density at radius 1 is 1.17 bits per heavy atom. The van der Waals surface area contributed by atoms with Crippen LogP contribution < -0.4 is 10.5 Å². The Hall–Kier alpha value is -1.32. The maximum Gasteiger partial charge on any atom is 0.119 e. The fourth-order valence-corrected chi connectivity index (χ4v) is 2.41. The van der Waals surface area contributed by atoms with Gasteiger partial charge in [0, 0.05) is 4.47 Å². The van der Waals surface area contributed by atoms with Crippen molar-refractivity contribution in [2.75, 3.05) is 7.11 Å². The Morgan fingerprint density at radius 2 is 1.94 bits per heavy atom. The average Bonchev–Trinajstić information content (AvgIpc) is 2.41. The number of halogens is 1. The number of ether oxygens (including phenoxy) is 1. The molecule has 0 radical (unpaired) electrons. The number of methoxy groups -OCH3 is 1. The lowest BCUT2D eigenvalue weighted by Crippen LogP contribution is -2.12. The molecule has 0 aliphatic heterocycles. The van der Waals surface area contributed by atoms with Crippen molar-refractivity contribution in [2.24, 2.45) is 5.73 Å². The van der Waals surface area contributed by atoms with E-state index in [0.717, 1.165) is 21.3 Å². The highest BCUT2D eigenvalue weighted by molar-refractivity contribution is 9.10. The molecule has 2 nitrogen and oxygen atoms in total. The maximum absolute atomic E-state index is 6.32. The minimum Gasteiger partial charge on any atom is -0.497 e. The summed E-state index contributed by atoms with van der Waals surface area (Å²) < 4.78 is 6.26. The van der Waals surface area contributed by atoms with Gasteiger partial charge in [0.2, 0.25) is 0 Å². The Bertz CT molecular complexity index is 554. The number of aryl methyl sites for hydroxylation is 1. The Balaban J connectivity index is 2.40. The molecule has 0 saturated carbocycles. The first kappa shape index (κ1) is 13.1. The normalized spacial score (nSPS) is 12.2. The van der Waals surface area contributed by atoms with Crippen LogP contribution >= 0.6 is 15.9 Å². The Kier molecular flexibility index (Phi) is 4.04. The molecule has 2 aromatic carbocycles. The second-order valence-electron chi connectivity index (χ2n) is 4.28. The van der Waals surface area contributed by atoms with Gasteiger partial charge in [-0.05, 0) is 36.2 Å². The van der Waals surface area contributed by atoms with Crippen molar-refractivity contribution in [3.05, 3.63) is 63.6 Å². The topological polar surface area (TPSA) is 35.2 Å². The summed E-state index contributed by atoms with van der Waals surface area (Å²) in [6.07, 6.45) is 0. The van der Waals surface area contributed by atoms with Crippen molar-refractivity contribution in [2.45, 2.75) is 13.0 Å². The SMILES string of the molecule is COc1cccc(C(N)c2cc(C)ccc2Br)c1. The van der Waals surface area contributed by atoms with Crippen LogP contribution in [0.15, 0.2) is 46.9 Å². The highest BCUT2D eigenvalue weighted by Gasteiger charge is 2.13. The van der Waals surface area contributed by atoms with E-state index in [2.05, 4.69) is 35.0 Å². The van der Waals surface area contributed by atoms with Crippen LogP contribution in [0, 0.1) is 6.92 Å². The molecule has 0 spiro atoms. The van der Waals surface area contributed by atoms with E-state index in [-0.39, 0.29) is 6.04 Å². The molecule has 1 atom stereocenters. The monoisotopic (exact) mass is 305 g/mol. The molecule has 0 heterocycles. The van der Waals surface area contributed by atoms with E-state index in [1.54, 1.807) is 7.11 Å². The summed E-state index contributed by atoms with van der Waals surface area (Å²) in [5, 5.41) is 0. The quantitative estimate of drug-likeness (QED) is 0.936. The fourth-order valence-electron chi connectivity index (χ4n) is 1.92. The van der Waals surface area contributed by atoms with E-state index in [1.165, 1.54) is 5.56 Å². The summed E-state index contributed by atoms with van der Waals surface area (Å²) in [5.74, 6) is 0.826. The van der Waals surface area contributed by atoms with Crippen molar-refractivity contribution in [1.29, 1.82) is 0 Å². The summed E-state index contributed by atoms with van der Waals surface area (Å²) in [6, 6.07) is 13.9. The second kappa shape index (κ2) is 5.55. The van der Waals surface area contributed by atoms with E-state index < -0.39 is 0 Å². The summed E-state index contributed by atoms with van der Waals surface area (Å²) in [6.45, 7) is 2.06. The molecule has 18 heavy (non-hydrogen) atoms. The van der Waals surface area contributed by atoms with Gasteiger partial charge in [0.15, 0.2) is 0 Å². The summed E-state index contributed by atoms with van der Waals surface area (Å²) in [5.41, 5.74) is 9.65. The largest absolute Gasteiger partial charge is 0.497 e. The van der Waals surface area contributed by atoms with Gasteiger partial charge in [-0.1, -0.05) is 45.8 Å². The first-order valence-electron chi connectivity index (χ1n) is 5.77. The number of nitrogens with two attached hydrogens (primary N) is 1. The molecule has 2 N–H and O–H groups in total. The third-order valence-corrected chi connectivity index (χ3v) is 3.66. The van der Waals surface area contributed by atoms with Gasteiger partial charge in [0.25, 0.3) is 0 Å². The lowest BCUT2D eigenvalue weighted by molar-refractivity contribution is 0.414. The lowest BCUT2D eigenvalue weighted by atomic mass is 9.98. The number of hydrogen-bond donors (Lipinski definition) is 1. The lowest BCUT2D eigenvalue weighted by Gasteiger charge is -2.16. The molecule has 2 rings (SSSR count). The smallest absolute Gasteiger partial charge is 0.119 e. The molecule has 0 aromatic heterocycles. The van der Waals surface area contributed by atoms with E-state index >= 15 is 0 Å². The van der Waals surface area contributed by atoms with Crippen molar-refractivity contribution in [3.63, 3.8) is 0 Å². The van der Waals surface area contributed by atoms with Crippen LogP contribution in [0.1, 0.15) is 22.7 Å². The van der Waals surface area contributed by atoms with Crippen LogP contribution in [0.2, 0.25) is 0 Å². The number of hydrogen-bond acceptors (Lipinski definition) is 2. The van der Waals surface area contributed by atoms with E-state index in [1.807, 2.05) is 30.3 Å². The summed E-state index contributed by atoms with van der Waals surface area (Å²) >= 11 is 3.55. The molecular weight excluding hydrogens is 290 g/mol. The Morgan fingerprint density at radius 3 is 2.67 bits per heavy atom. The number of benzene rings is 2. The fraction of sp³-hybridized carbons (Fsp3) is 0.200. The predicted molar refractivity (Wildman–Crippen MR) is 77.9 cm³/mol. The third-order valence-electron chi connectivity index (χ3n) is 2.94. The van der Waals surface area contributed by atoms with Crippen LogP contribution in [-0.2, 0) is 0 Å².